The van der Waals surface area contributed by atoms with Gasteiger partial charge in [-0.2, -0.15) is 31.4 Å². The van der Waals surface area contributed by atoms with E-state index in [1.165, 1.54) is 16.9 Å². The summed E-state index contributed by atoms with van der Waals surface area (Å²) < 4.78 is 130. The lowest BCUT2D eigenvalue weighted by Gasteiger charge is -2.41. The summed E-state index contributed by atoms with van der Waals surface area (Å²) in [5.74, 6) is -4.86. The van der Waals surface area contributed by atoms with Crippen molar-refractivity contribution in [3.05, 3.63) is 53.1 Å². The van der Waals surface area contributed by atoms with E-state index in [0.717, 1.165) is 6.07 Å². The van der Waals surface area contributed by atoms with Crippen LogP contribution in [0.3, 0.4) is 0 Å². The molecule has 1 aromatic carbocycles. The van der Waals surface area contributed by atoms with Gasteiger partial charge < -0.3 is 10.1 Å². The summed E-state index contributed by atoms with van der Waals surface area (Å²) in [7, 11) is -4.21. The Morgan fingerprint density at radius 3 is 2.43 bits per heavy atom. The molecule has 2 N–H and O–H groups in total. The average molecular weight is 655 g/mol. The number of carbonyl (C=O) groups excluding carboxylic acids is 2. The molecular formula is C27H29F7N4O5S. The maximum atomic E-state index is 15.4. The van der Waals surface area contributed by atoms with E-state index < -0.39 is 93.4 Å². The molecular weight excluding hydrogens is 625 g/mol. The Labute approximate surface area is 247 Å². The number of benzene rings is 1. The van der Waals surface area contributed by atoms with E-state index in [0.29, 0.717) is 18.7 Å². The first-order valence-corrected chi connectivity index (χ1v) is 15.1. The zero-order chi connectivity index (χ0) is 32.7. The predicted octanol–water partition coefficient (Wildman–Crippen LogP) is 4.74. The third kappa shape index (κ3) is 7.35. The molecule has 2 amide bonds. The van der Waals surface area contributed by atoms with Gasteiger partial charge in [0.15, 0.2) is 5.54 Å². The van der Waals surface area contributed by atoms with Gasteiger partial charge in [-0.15, -0.1) is 0 Å². The van der Waals surface area contributed by atoms with Crippen LogP contribution in [0.1, 0.15) is 57.2 Å². The fourth-order valence-electron chi connectivity index (χ4n) is 4.77. The quantitative estimate of drug-likeness (QED) is 0.205. The van der Waals surface area contributed by atoms with E-state index in [2.05, 4.69) is 5.10 Å². The van der Waals surface area contributed by atoms with Crippen molar-refractivity contribution in [2.24, 2.45) is 5.92 Å². The first kappa shape index (κ1) is 33.3. The zero-order valence-electron chi connectivity index (χ0n) is 23.5. The van der Waals surface area contributed by atoms with E-state index in [-0.39, 0.29) is 30.2 Å². The molecule has 1 saturated carbocycles. The Morgan fingerprint density at radius 2 is 1.86 bits per heavy atom. The summed E-state index contributed by atoms with van der Waals surface area (Å²) in [6.07, 6.45) is -10.8. The fourth-order valence-corrected chi connectivity index (χ4v) is 6.05. The molecule has 2 aliphatic rings. The Kier molecular flexibility index (Phi) is 9.11. The van der Waals surface area contributed by atoms with Crippen molar-refractivity contribution in [2.75, 3.05) is 6.61 Å². The van der Waals surface area contributed by atoms with Crippen LogP contribution in [0, 0.1) is 11.7 Å². The van der Waals surface area contributed by atoms with Gasteiger partial charge in [0, 0.05) is 42.8 Å². The summed E-state index contributed by atoms with van der Waals surface area (Å²) in [5.41, 5.74) is -6.23. The van der Waals surface area contributed by atoms with E-state index in [9.17, 15) is 44.3 Å². The molecule has 2 heterocycles. The van der Waals surface area contributed by atoms with Gasteiger partial charge in [0.2, 0.25) is 10.0 Å². The van der Waals surface area contributed by atoms with Crippen molar-refractivity contribution in [3.8, 4) is 5.75 Å². The number of nitrogens with one attached hydrogen (secondary N) is 2. The average Bonchev–Trinajstić information content (AvgIpc) is 3.65. The highest BCUT2D eigenvalue weighted by Gasteiger charge is 2.61. The van der Waals surface area contributed by atoms with Crippen molar-refractivity contribution in [3.63, 3.8) is 0 Å². The van der Waals surface area contributed by atoms with Crippen LogP contribution in [0.4, 0.5) is 30.7 Å². The molecule has 0 saturated heterocycles. The van der Waals surface area contributed by atoms with Gasteiger partial charge in [-0.1, -0.05) is 13.8 Å². The van der Waals surface area contributed by atoms with E-state index in [1.54, 1.807) is 10.0 Å². The number of carbonyl (C=O) groups is 2. The zero-order valence-corrected chi connectivity index (χ0v) is 24.3. The second-order valence-electron chi connectivity index (χ2n) is 11.1. The minimum atomic E-state index is -5.37. The highest BCUT2D eigenvalue weighted by Crippen LogP contribution is 2.49. The molecule has 1 aliphatic heterocycles. The van der Waals surface area contributed by atoms with Crippen LogP contribution in [0.5, 0.6) is 5.75 Å². The maximum absolute atomic E-state index is 15.4. The first-order valence-electron chi connectivity index (χ1n) is 13.5. The summed E-state index contributed by atoms with van der Waals surface area (Å²) in [6.45, 7) is 3.52. The van der Waals surface area contributed by atoms with Crippen molar-refractivity contribution < 1.29 is 53.5 Å². The lowest BCUT2D eigenvalue weighted by molar-refractivity contribution is -0.202. The van der Waals surface area contributed by atoms with Crippen LogP contribution in [-0.2, 0) is 31.7 Å². The third-order valence-corrected chi connectivity index (χ3v) is 8.80. The smallest absolute Gasteiger partial charge is 0.416 e. The predicted molar refractivity (Wildman–Crippen MR) is 142 cm³/mol. The SMILES string of the molecule is CC(C)Cn1ccc(C2=C(C(=O)NS(=O)(=O)C3CC3)C(=O)NC(c3ccc(OCCCC(F)(F)F)cc3F)(C(F)(F)F)C2)n1. The van der Waals surface area contributed by atoms with Crippen LogP contribution in [0.2, 0.25) is 0 Å². The van der Waals surface area contributed by atoms with Gasteiger partial charge in [-0.3, -0.25) is 14.3 Å². The molecule has 44 heavy (non-hydrogen) atoms. The largest absolute Gasteiger partial charge is 0.493 e. The Bertz CT molecular complexity index is 1560. The molecule has 0 spiro atoms. The van der Waals surface area contributed by atoms with Gasteiger partial charge in [0.25, 0.3) is 11.8 Å². The number of sulfonamides is 1. The Hall–Kier alpha value is -3.63. The Morgan fingerprint density at radius 1 is 1.18 bits per heavy atom. The van der Waals surface area contributed by atoms with Crippen molar-refractivity contribution >= 4 is 27.4 Å². The molecule has 2 aromatic rings. The molecule has 1 aliphatic carbocycles. The van der Waals surface area contributed by atoms with E-state index in [1.807, 2.05) is 13.8 Å². The number of amides is 2. The summed E-state index contributed by atoms with van der Waals surface area (Å²) in [5, 5.41) is 5.02. The summed E-state index contributed by atoms with van der Waals surface area (Å²) in [6, 6.07) is 3.40. The molecule has 1 aromatic heterocycles. The first-order chi connectivity index (χ1) is 20.3. The number of ether oxygens (including phenoxy) is 1. The molecule has 4 rings (SSSR count). The Balaban J connectivity index is 1.76. The molecule has 0 bridgehead atoms. The minimum Gasteiger partial charge on any atom is -0.493 e. The summed E-state index contributed by atoms with van der Waals surface area (Å²) >= 11 is 0. The standard InChI is InChI=1S/C27H29F7N4O5S/c1-15(2)14-38-10-8-21(36-38)18-13-25(27(32,33)34,35-23(39)22(18)24(40)37-44(41,42)17-5-6-17)19-7-4-16(12-20(19)28)43-11-3-9-26(29,30)31/h4,7-8,10,12,15,17H,3,5-6,9,11,13-14H2,1-2H3,(H,35,39)(H,37,40). The van der Waals surface area contributed by atoms with Gasteiger partial charge >= 0.3 is 12.4 Å². The van der Waals surface area contributed by atoms with E-state index >= 15 is 4.39 Å². The topological polar surface area (TPSA) is 119 Å². The van der Waals surface area contributed by atoms with E-state index in [4.69, 9.17) is 4.74 Å². The second-order valence-corrected chi connectivity index (χ2v) is 13.0. The number of hydrogen-bond donors (Lipinski definition) is 2. The van der Waals surface area contributed by atoms with Gasteiger partial charge in [-0.05, 0) is 43.4 Å². The number of rotatable bonds is 11. The summed E-state index contributed by atoms with van der Waals surface area (Å²) in [4.78, 5) is 26.5. The van der Waals surface area contributed by atoms with Crippen LogP contribution in [0.15, 0.2) is 36.0 Å². The van der Waals surface area contributed by atoms with Crippen molar-refractivity contribution in [2.45, 2.75) is 75.6 Å². The highest BCUT2D eigenvalue weighted by atomic mass is 32.2. The molecule has 0 radical (unpaired) electrons. The van der Waals surface area contributed by atoms with Crippen molar-refractivity contribution in [1.82, 2.24) is 19.8 Å². The van der Waals surface area contributed by atoms with Gasteiger partial charge in [0.05, 0.1) is 17.6 Å². The molecule has 1 fully saturated rings. The number of hydrogen-bond acceptors (Lipinski definition) is 6. The molecule has 242 valence electrons. The van der Waals surface area contributed by atoms with Gasteiger partial charge in [-0.25, -0.2) is 17.5 Å². The fraction of sp³-hybridized carbons (Fsp3) is 0.519. The lowest BCUT2D eigenvalue weighted by Crippen LogP contribution is -2.60. The second kappa shape index (κ2) is 12.0. The molecule has 9 nitrogen and oxygen atoms in total. The monoisotopic (exact) mass is 654 g/mol. The van der Waals surface area contributed by atoms with Crippen LogP contribution >= 0.6 is 0 Å². The van der Waals surface area contributed by atoms with Crippen LogP contribution in [0.25, 0.3) is 5.57 Å². The third-order valence-electron chi connectivity index (χ3n) is 6.98. The number of alkyl halides is 6. The number of halogens is 7. The molecule has 1 unspecified atom stereocenters. The van der Waals surface area contributed by atoms with Crippen LogP contribution in [-0.4, -0.2) is 54.2 Å². The number of nitrogens with zero attached hydrogens (tertiary/aromatic N) is 2. The molecule has 1 atom stereocenters. The highest BCUT2D eigenvalue weighted by molar-refractivity contribution is 7.91. The van der Waals surface area contributed by atoms with Crippen molar-refractivity contribution in [1.29, 1.82) is 0 Å². The maximum Gasteiger partial charge on any atom is 0.416 e. The normalized spacial score (nSPS) is 19.7. The minimum absolute atomic E-state index is 0.0513. The van der Waals surface area contributed by atoms with Gasteiger partial charge in [0.1, 0.15) is 17.1 Å². The van der Waals surface area contributed by atoms with Crippen LogP contribution < -0.4 is 14.8 Å². The molecule has 17 heteroatoms. The lowest BCUT2D eigenvalue weighted by atomic mass is 9.77. The number of aromatic nitrogens is 2.